The highest BCUT2D eigenvalue weighted by Crippen LogP contribution is 2.31. The minimum absolute atomic E-state index is 0.0172. The van der Waals surface area contributed by atoms with Crippen LogP contribution < -0.4 is 10.1 Å². The normalized spacial score (nSPS) is 24.8. The monoisotopic (exact) mass is 391 g/mol. The first-order valence-electron chi connectivity index (χ1n) is 8.71. The van der Waals surface area contributed by atoms with E-state index in [1.54, 1.807) is 25.1 Å². The number of Topliss-reactive ketones (excluding diaryl/α,β-unsaturated/α-hetero) is 1. The van der Waals surface area contributed by atoms with Crippen LogP contribution in [-0.2, 0) is 9.53 Å². The Morgan fingerprint density at radius 3 is 2.85 bits per heavy atom. The lowest BCUT2D eigenvalue weighted by Crippen LogP contribution is -2.48. The Hall–Kier alpha value is -2.45. The molecule has 2 aliphatic heterocycles. The molecule has 0 spiro atoms. The van der Waals surface area contributed by atoms with Crippen LogP contribution in [0.3, 0.4) is 0 Å². The average molecular weight is 392 g/mol. The van der Waals surface area contributed by atoms with Gasteiger partial charge >= 0.3 is 0 Å². The van der Waals surface area contributed by atoms with Gasteiger partial charge in [-0.2, -0.15) is 0 Å². The van der Waals surface area contributed by atoms with Crippen molar-refractivity contribution in [3.8, 4) is 5.75 Å². The van der Waals surface area contributed by atoms with Gasteiger partial charge < -0.3 is 19.2 Å². The van der Waals surface area contributed by atoms with E-state index >= 15 is 0 Å². The lowest BCUT2D eigenvalue weighted by molar-refractivity contribution is -0.130. The topological polar surface area (TPSA) is 104 Å². The van der Waals surface area contributed by atoms with Crippen LogP contribution in [0.1, 0.15) is 47.5 Å². The Bertz CT molecular complexity index is 876. The van der Waals surface area contributed by atoms with Gasteiger partial charge in [-0.15, -0.1) is 10.2 Å². The van der Waals surface area contributed by atoms with Gasteiger partial charge in [0.2, 0.25) is 11.8 Å². The van der Waals surface area contributed by atoms with Crippen molar-refractivity contribution >= 4 is 23.3 Å². The van der Waals surface area contributed by atoms with E-state index in [9.17, 15) is 9.59 Å². The number of halogens is 1. The molecule has 2 aromatic rings. The quantitative estimate of drug-likeness (QED) is 0.856. The van der Waals surface area contributed by atoms with Crippen molar-refractivity contribution in [2.75, 3.05) is 6.61 Å². The molecule has 27 heavy (non-hydrogen) atoms. The van der Waals surface area contributed by atoms with E-state index in [1.807, 2.05) is 0 Å². The van der Waals surface area contributed by atoms with Crippen molar-refractivity contribution < 1.29 is 23.5 Å². The van der Waals surface area contributed by atoms with Crippen molar-refractivity contribution in [3.63, 3.8) is 0 Å². The number of aromatic nitrogens is 2. The number of ether oxygens (including phenoxy) is 2. The molecule has 0 aliphatic carbocycles. The summed E-state index contributed by atoms with van der Waals surface area (Å²) in [6.07, 6.45) is 0.214. The average Bonchev–Trinajstić information content (AvgIpc) is 3.09. The molecule has 142 valence electrons. The molecular weight excluding hydrogens is 374 g/mol. The highest BCUT2D eigenvalue weighted by Gasteiger charge is 2.34. The zero-order chi connectivity index (χ0) is 19.0. The molecule has 3 atom stereocenters. The number of amides is 1. The Morgan fingerprint density at radius 2 is 2.15 bits per heavy atom. The number of nitrogens with zero attached hydrogens (tertiary/aromatic N) is 2. The van der Waals surface area contributed by atoms with E-state index < -0.39 is 6.10 Å². The van der Waals surface area contributed by atoms with Gasteiger partial charge in [0.15, 0.2) is 11.9 Å². The summed E-state index contributed by atoms with van der Waals surface area (Å²) in [6, 6.07) is 4.63. The van der Waals surface area contributed by atoms with Crippen molar-refractivity contribution in [3.05, 3.63) is 40.6 Å². The fourth-order valence-corrected chi connectivity index (χ4v) is 3.41. The number of nitrogens with one attached hydrogen (secondary N) is 1. The smallest absolute Gasteiger partial charge is 0.261 e. The molecule has 9 heteroatoms. The van der Waals surface area contributed by atoms with Crippen LogP contribution in [0, 0.1) is 6.92 Å². The maximum atomic E-state index is 12.5. The maximum absolute atomic E-state index is 12.5. The fraction of sp³-hybridized carbons (Fsp3) is 0.444. The highest BCUT2D eigenvalue weighted by atomic mass is 35.5. The second-order valence-corrected chi connectivity index (χ2v) is 7.07. The molecule has 3 heterocycles. The summed E-state index contributed by atoms with van der Waals surface area (Å²) in [5, 5.41) is 11.1. The molecule has 0 bridgehead atoms. The first-order chi connectivity index (χ1) is 13.0. The van der Waals surface area contributed by atoms with Crippen molar-refractivity contribution in [1.29, 1.82) is 0 Å². The summed E-state index contributed by atoms with van der Waals surface area (Å²) in [5.41, 5.74) is 0.408. The van der Waals surface area contributed by atoms with Gasteiger partial charge in [0.05, 0.1) is 24.6 Å². The summed E-state index contributed by atoms with van der Waals surface area (Å²) >= 11 is 5.91. The number of hydrogen-bond donors (Lipinski definition) is 1. The van der Waals surface area contributed by atoms with E-state index in [1.165, 1.54) is 0 Å². The predicted molar refractivity (Wildman–Crippen MR) is 93.7 cm³/mol. The Balaban J connectivity index is 1.34. The first kappa shape index (κ1) is 17.9. The van der Waals surface area contributed by atoms with Crippen molar-refractivity contribution in [2.45, 2.75) is 44.4 Å². The lowest BCUT2D eigenvalue weighted by atomic mass is 9.99. The van der Waals surface area contributed by atoms with Crippen LogP contribution in [0.5, 0.6) is 5.75 Å². The van der Waals surface area contributed by atoms with Gasteiger partial charge in [0.1, 0.15) is 11.9 Å². The third-order valence-electron chi connectivity index (χ3n) is 4.61. The standard InChI is InChI=1S/C18H18ClN3O5/c1-9-21-22-18(26-9)15-5-3-11(8-25-15)20-17(24)16-7-13(23)12-6-10(19)2-4-14(12)27-16/h2,4,6,11,15-16H,3,5,7-8H2,1H3,(H,20,24)/t11-,15+,16-/m1/s1. The molecule has 2 aliphatic rings. The van der Waals surface area contributed by atoms with Crippen LogP contribution in [-0.4, -0.2) is 40.6 Å². The summed E-state index contributed by atoms with van der Waals surface area (Å²) < 4.78 is 16.8. The fourth-order valence-electron chi connectivity index (χ4n) is 3.24. The van der Waals surface area contributed by atoms with Gasteiger partial charge in [-0.3, -0.25) is 9.59 Å². The molecule has 0 radical (unpaired) electrons. The number of benzene rings is 1. The summed E-state index contributed by atoms with van der Waals surface area (Å²) in [6.45, 7) is 2.05. The SMILES string of the molecule is Cc1nnc([C@@H]2CC[C@@H](NC(=O)[C@H]3CC(=O)c4cc(Cl)ccc4O3)CO2)o1. The molecule has 1 fully saturated rings. The molecule has 1 amide bonds. The number of ketones is 1. The van der Waals surface area contributed by atoms with Gasteiger partial charge in [-0.1, -0.05) is 11.6 Å². The Morgan fingerprint density at radius 1 is 1.30 bits per heavy atom. The van der Waals surface area contributed by atoms with Crippen molar-refractivity contribution in [1.82, 2.24) is 15.5 Å². The van der Waals surface area contributed by atoms with Gasteiger partial charge in [-0.25, -0.2) is 0 Å². The maximum Gasteiger partial charge on any atom is 0.261 e. The Kier molecular flexibility index (Phi) is 4.84. The van der Waals surface area contributed by atoms with Gasteiger partial charge in [0, 0.05) is 11.9 Å². The second kappa shape index (κ2) is 7.28. The number of fused-ring (bicyclic) bond motifs is 1. The largest absolute Gasteiger partial charge is 0.479 e. The van der Waals surface area contributed by atoms with Gasteiger partial charge in [-0.05, 0) is 31.0 Å². The molecule has 0 saturated carbocycles. The van der Waals surface area contributed by atoms with E-state index in [4.69, 9.17) is 25.5 Å². The third-order valence-corrected chi connectivity index (χ3v) is 4.85. The number of carbonyl (C=O) groups is 2. The molecule has 1 N–H and O–H groups in total. The molecule has 8 nitrogen and oxygen atoms in total. The van der Waals surface area contributed by atoms with Crippen LogP contribution in [0.2, 0.25) is 5.02 Å². The molecule has 1 aromatic heterocycles. The van der Waals surface area contributed by atoms with Crippen molar-refractivity contribution in [2.24, 2.45) is 0 Å². The summed E-state index contributed by atoms with van der Waals surface area (Å²) in [7, 11) is 0. The van der Waals surface area contributed by atoms with Crippen LogP contribution in [0.25, 0.3) is 0 Å². The Labute approximate surface area is 160 Å². The molecule has 4 rings (SSSR count). The predicted octanol–water partition coefficient (Wildman–Crippen LogP) is 2.40. The van der Waals surface area contributed by atoms with E-state index in [0.29, 0.717) is 47.6 Å². The van der Waals surface area contributed by atoms with Gasteiger partial charge in [0.25, 0.3) is 5.91 Å². The van der Waals surface area contributed by atoms with E-state index in [2.05, 4.69) is 15.5 Å². The second-order valence-electron chi connectivity index (χ2n) is 6.64. The molecule has 1 saturated heterocycles. The third kappa shape index (κ3) is 3.81. The number of rotatable bonds is 3. The number of hydrogen-bond acceptors (Lipinski definition) is 7. The molecular formula is C18H18ClN3O5. The number of carbonyl (C=O) groups excluding carboxylic acids is 2. The number of aryl methyl sites for hydroxylation is 1. The van der Waals surface area contributed by atoms with Crippen LogP contribution >= 0.6 is 11.6 Å². The molecule has 1 aromatic carbocycles. The first-order valence-corrected chi connectivity index (χ1v) is 9.09. The minimum Gasteiger partial charge on any atom is -0.479 e. The van der Waals surface area contributed by atoms with E-state index in [0.717, 1.165) is 0 Å². The molecule has 0 unspecified atom stereocenters. The van der Waals surface area contributed by atoms with Crippen LogP contribution in [0.4, 0.5) is 0 Å². The van der Waals surface area contributed by atoms with E-state index in [-0.39, 0.29) is 30.3 Å². The highest BCUT2D eigenvalue weighted by molar-refractivity contribution is 6.31. The van der Waals surface area contributed by atoms with Crippen LogP contribution in [0.15, 0.2) is 22.6 Å². The lowest BCUT2D eigenvalue weighted by Gasteiger charge is -2.30. The zero-order valence-electron chi connectivity index (χ0n) is 14.6. The summed E-state index contributed by atoms with van der Waals surface area (Å²) in [4.78, 5) is 24.8. The zero-order valence-corrected chi connectivity index (χ0v) is 15.4. The summed E-state index contributed by atoms with van der Waals surface area (Å²) in [5.74, 6) is 0.830. The minimum atomic E-state index is -0.859.